The van der Waals surface area contributed by atoms with Gasteiger partial charge in [-0.1, -0.05) is 24.3 Å². The maximum Gasteiger partial charge on any atom is 0.213 e. The van der Waals surface area contributed by atoms with E-state index >= 15 is 0 Å². The minimum atomic E-state index is 0.285. The lowest BCUT2D eigenvalue weighted by molar-refractivity contribution is 0.396. The number of pyridine rings is 1. The van der Waals surface area contributed by atoms with E-state index in [2.05, 4.69) is 50.9 Å². The van der Waals surface area contributed by atoms with Crippen molar-refractivity contribution >= 4 is 17.7 Å². The topological polar surface area (TPSA) is 58.5 Å². The molecule has 1 aliphatic carbocycles. The predicted octanol–water partition coefficient (Wildman–Crippen LogP) is 3.08. The minimum Gasteiger partial charge on any atom is -0.481 e. The number of benzene rings is 1. The molecule has 0 atom stereocenters. The molecule has 2 aromatic rings. The van der Waals surface area contributed by atoms with Crippen LogP contribution in [0.1, 0.15) is 18.5 Å². The standard InChI is InChI=1S/C19H24N4OS/c1-20-18(21-13-15-7-6-10-17(23-15)24-2)22-14-19(11-12-19)25-16-8-4-3-5-9-16/h3-10H,11-14H2,1-2H3,(H2,20,21,22). The second-order valence-electron chi connectivity index (χ2n) is 6.05. The second kappa shape index (κ2) is 8.25. The van der Waals surface area contributed by atoms with E-state index in [0.717, 1.165) is 18.2 Å². The summed E-state index contributed by atoms with van der Waals surface area (Å²) in [6.45, 7) is 1.51. The number of thioether (sulfide) groups is 1. The number of hydrogen-bond acceptors (Lipinski definition) is 4. The van der Waals surface area contributed by atoms with Gasteiger partial charge < -0.3 is 15.4 Å². The first-order valence-electron chi connectivity index (χ1n) is 8.41. The lowest BCUT2D eigenvalue weighted by Gasteiger charge is -2.18. The number of ether oxygens (including phenoxy) is 1. The van der Waals surface area contributed by atoms with Gasteiger partial charge >= 0.3 is 0 Å². The van der Waals surface area contributed by atoms with Crippen molar-refractivity contribution in [1.82, 2.24) is 15.6 Å². The molecule has 6 heteroatoms. The smallest absolute Gasteiger partial charge is 0.213 e. The molecule has 2 N–H and O–H groups in total. The van der Waals surface area contributed by atoms with Crippen LogP contribution in [-0.4, -0.2) is 36.4 Å². The van der Waals surface area contributed by atoms with Crippen molar-refractivity contribution in [3.8, 4) is 5.88 Å². The summed E-state index contributed by atoms with van der Waals surface area (Å²) < 4.78 is 5.44. The van der Waals surface area contributed by atoms with E-state index in [1.165, 1.54) is 17.7 Å². The number of rotatable bonds is 7. The Morgan fingerprint density at radius 1 is 1.16 bits per heavy atom. The second-order valence-corrected chi connectivity index (χ2v) is 7.59. The number of nitrogens with one attached hydrogen (secondary N) is 2. The van der Waals surface area contributed by atoms with Crippen molar-refractivity contribution < 1.29 is 4.74 Å². The fraction of sp³-hybridized carbons (Fsp3) is 0.368. The van der Waals surface area contributed by atoms with Crippen molar-refractivity contribution in [2.75, 3.05) is 20.7 Å². The van der Waals surface area contributed by atoms with Gasteiger partial charge in [-0.2, -0.15) is 0 Å². The SMILES string of the molecule is CN=C(NCc1cccc(OC)n1)NCC1(Sc2ccccc2)CC1. The molecule has 3 rings (SSSR count). The lowest BCUT2D eigenvalue weighted by atomic mass is 10.3. The van der Waals surface area contributed by atoms with Crippen LogP contribution in [-0.2, 0) is 6.54 Å². The summed E-state index contributed by atoms with van der Waals surface area (Å²) in [7, 11) is 3.41. The van der Waals surface area contributed by atoms with Crippen LogP contribution >= 0.6 is 11.8 Å². The Hall–Kier alpha value is -2.21. The largest absolute Gasteiger partial charge is 0.481 e. The van der Waals surface area contributed by atoms with Crippen LogP contribution in [0.5, 0.6) is 5.88 Å². The average Bonchev–Trinajstić information content (AvgIpc) is 3.42. The molecule has 1 fully saturated rings. The zero-order valence-corrected chi connectivity index (χ0v) is 15.5. The van der Waals surface area contributed by atoms with Gasteiger partial charge in [-0.3, -0.25) is 4.99 Å². The highest BCUT2D eigenvalue weighted by molar-refractivity contribution is 8.01. The first kappa shape index (κ1) is 17.6. The highest BCUT2D eigenvalue weighted by Gasteiger charge is 2.43. The Labute approximate surface area is 153 Å². The predicted molar refractivity (Wildman–Crippen MR) is 103 cm³/mol. The molecule has 1 aromatic carbocycles. The third-order valence-corrected chi connectivity index (χ3v) is 5.61. The quantitative estimate of drug-likeness (QED) is 0.590. The fourth-order valence-electron chi connectivity index (χ4n) is 2.50. The molecule has 132 valence electrons. The van der Waals surface area contributed by atoms with Crippen molar-refractivity contribution in [1.29, 1.82) is 0 Å². The van der Waals surface area contributed by atoms with E-state index in [0.29, 0.717) is 12.4 Å². The number of aliphatic imine (C=N–C) groups is 1. The van der Waals surface area contributed by atoms with Gasteiger partial charge in [0.1, 0.15) is 0 Å². The summed E-state index contributed by atoms with van der Waals surface area (Å²) in [4.78, 5) is 10.0. The molecule has 5 nitrogen and oxygen atoms in total. The summed E-state index contributed by atoms with van der Waals surface area (Å²) in [6.07, 6.45) is 2.46. The van der Waals surface area contributed by atoms with Gasteiger partial charge in [-0.25, -0.2) is 4.98 Å². The highest BCUT2D eigenvalue weighted by Crippen LogP contribution is 2.51. The number of aromatic nitrogens is 1. The summed E-state index contributed by atoms with van der Waals surface area (Å²) >= 11 is 1.95. The van der Waals surface area contributed by atoms with Gasteiger partial charge in [0.25, 0.3) is 0 Å². The van der Waals surface area contributed by atoms with Crippen LogP contribution in [0.25, 0.3) is 0 Å². The third kappa shape index (κ3) is 5.13. The van der Waals surface area contributed by atoms with E-state index in [4.69, 9.17) is 4.74 Å². The molecule has 1 aromatic heterocycles. The maximum atomic E-state index is 5.16. The maximum absolute atomic E-state index is 5.16. The molecule has 1 heterocycles. The summed E-state index contributed by atoms with van der Waals surface area (Å²) in [5.41, 5.74) is 0.919. The molecule has 1 saturated carbocycles. The van der Waals surface area contributed by atoms with E-state index < -0.39 is 0 Å². The molecule has 0 amide bonds. The normalized spacial score (nSPS) is 15.5. The molecule has 25 heavy (non-hydrogen) atoms. The van der Waals surface area contributed by atoms with E-state index in [1.807, 2.05) is 30.0 Å². The van der Waals surface area contributed by atoms with Gasteiger partial charge in [0, 0.05) is 29.3 Å². The zero-order valence-electron chi connectivity index (χ0n) is 14.7. The minimum absolute atomic E-state index is 0.285. The van der Waals surface area contributed by atoms with Gasteiger partial charge in [0.2, 0.25) is 5.88 Å². The van der Waals surface area contributed by atoms with Crippen LogP contribution in [0.15, 0.2) is 58.4 Å². The molecule has 0 saturated heterocycles. The van der Waals surface area contributed by atoms with E-state index in [-0.39, 0.29) is 4.75 Å². The lowest BCUT2D eigenvalue weighted by Crippen LogP contribution is -2.40. The Balaban J connectivity index is 1.49. The molecule has 0 aliphatic heterocycles. The van der Waals surface area contributed by atoms with Gasteiger partial charge in [-0.15, -0.1) is 11.8 Å². The summed E-state index contributed by atoms with van der Waals surface area (Å²) in [5.74, 6) is 1.42. The van der Waals surface area contributed by atoms with Gasteiger partial charge in [0.15, 0.2) is 5.96 Å². The number of hydrogen-bond donors (Lipinski definition) is 2. The molecule has 1 aliphatic rings. The van der Waals surface area contributed by atoms with E-state index in [1.54, 1.807) is 14.2 Å². The molecular formula is C19H24N4OS. The first-order valence-corrected chi connectivity index (χ1v) is 9.23. The molecule has 0 bridgehead atoms. The number of methoxy groups -OCH3 is 1. The Bertz CT molecular complexity index is 716. The number of guanidine groups is 1. The van der Waals surface area contributed by atoms with Crippen molar-refractivity contribution in [2.45, 2.75) is 29.0 Å². The van der Waals surface area contributed by atoms with Gasteiger partial charge in [0.05, 0.1) is 19.3 Å². The average molecular weight is 356 g/mol. The Morgan fingerprint density at radius 2 is 1.96 bits per heavy atom. The monoisotopic (exact) mass is 356 g/mol. The highest BCUT2D eigenvalue weighted by atomic mass is 32.2. The van der Waals surface area contributed by atoms with Crippen molar-refractivity contribution in [3.05, 3.63) is 54.2 Å². The molecule has 0 radical (unpaired) electrons. The summed E-state index contributed by atoms with van der Waals surface area (Å²) in [6, 6.07) is 16.3. The Morgan fingerprint density at radius 3 is 2.64 bits per heavy atom. The molecular weight excluding hydrogens is 332 g/mol. The zero-order chi connectivity index (χ0) is 17.5. The fourth-order valence-corrected chi connectivity index (χ4v) is 3.75. The molecule has 0 unspecified atom stereocenters. The van der Waals surface area contributed by atoms with Crippen molar-refractivity contribution in [3.63, 3.8) is 0 Å². The van der Waals surface area contributed by atoms with Crippen LogP contribution in [0.4, 0.5) is 0 Å². The van der Waals surface area contributed by atoms with Crippen molar-refractivity contribution in [2.24, 2.45) is 4.99 Å². The van der Waals surface area contributed by atoms with Crippen LogP contribution < -0.4 is 15.4 Å². The molecule has 0 spiro atoms. The summed E-state index contributed by atoms with van der Waals surface area (Å²) in [5, 5.41) is 6.76. The first-order chi connectivity index (χ1) is 12.2. The van der Waals surface area contributed by atoms with Crippen LogP contribution in [0.2, 0.25) is 0 Å². The van der Waals surface area contributed by atoms with Crippen LogP contribution in [0, 0.1) is 0 Å². The van der Waals surface area contributed by atoms with Gasteiger partial charge in [-0.05, 0) is 31.0 Å². The van der Waals surface area contributed by atoms with E-state index in [9.17, 15) is 0 Å². The van der Waals surface area contributed by atoms with Crippen LogP contribution in [0.3, 0.4) is 0 Å². The third-order valence-electron chi connectivity index (χ3n) is 4.11. The Kier molecular flexibility index (Phi) is 5.81. The number of nitrogens with zero attached hydrogens (tertiary/aromatic N) is 2.